The van der Waals surface area contributed by atoms with Crippen LogP contribution in [0.2, 0.25) is 0 Å². The second-order valence-electron chi connectivity index (χ2n) is 4.73. The molecular formula is C15H12FNO2S. The van der Waals surface area contributed by atoms with Gasteiger partial charge in [-0.1, -0.05) is 23.9 Å². The maximum Gasteiger partial charge on any atom is 0.318 e. The molecule has 102 valence electrons. The van der Waals surface area contributed by atoms with Gasteiger partial charge in [-0.3, -0.25) is 10.1 Å². The Kier molecular flexibility index (Phi) is 3.44. The fraction of sp³-hybridized carbons (Fsp3) is 0.200. The summed E-state index contributed by atoms with van der Waals surface area (Å²) in [6.45, 7) is 0. The summed E-state index contributed by atoms with van der Waals surface area (Å²) in [5.74, 6) is -0.791. The van der Waals surface area contributed by atoms with E-state index in [-0.39, 0.29) is 0 Å². The van der Waals surface area contributed by atoms with Crippen LogP contribution in [0.25, 0.3) is 0 Å². The van der Waals surface area contributed by atoms with Gasteiger partial charge in [-0.2, -0.15) is 4.39 Å². The van der Waals surface area contributed by atoms with Crippen molar-refractivity contribution in [3.8, 4) is 0 Å². The number of rotatable bonds is 3. The van der Waals surface area contributed by atoms with E-state index in [9.17, 15) is 14.5 Å². The van der Waals surface area contributed by atoms with Crippen LogP contribution in [0.5, 0.6) is 0 Å². The van der Waals surface area contributed by atoms with Crippen LogP contribution in [0.1, 0.15) is 17.5 Å². The first kappa shape index (κ1) is 13.1. The fourth-order valence-corrected chi connectivity index (χ4v) is 3.50. The van der Waals surface area contributed by atoms with E-state index in [0.717, 1.165) is 30.2 Å². The van der Waals surface area contributed by atoms with Gasteiger partial charge in [0.1, 0.15) is 0 Å². The number of benzene rings is 2. The highest BCUT2D eigenvalue weighted by atomic mass is 32.2. The molecule has 0 unspecified atom stereocenters. The summed E-state index contributed by atoms with van der Waals surface area (Å²) in [5, 5.41) is 11.0. The average molecular weight is 289 g/mol. The van der Waals surface area contributed by atoms with Gasteiger partial charge in [0, 0.05) is 4.90 Å². The van der Waals surface area contributed by atoms with E-state index in [2.05, 4.69) is 12.1 Å². The van der Waals surface area contributed by atoms with Gasteiger partial charge in [0.25, 0.3) is 0 Å². The zero-order valence-electron chi connectivity index (χ0n) is 10.6. The summed E-state index contributed by atoms with van der Waals surface area (Å²) >= 11 is 1.24. The number of nitro groups is 1. The lowest BCUT2D eigenvalue weighted by molar-refractivity contribution is -0.390. The Bertz CT molecular complexity index is 688. The Morgan fingerprint density at radius 1 is 1.15 bits per heavy atom. The first-order chi connectivity index (χ1) is 9.65. The number of hydrogen-bond donors (Lipinski definition) is 0. The molecule has 0 amide bonds. The van der Waals surface area contributed by atoms with Gasteiger partial charge < -0.3 is 0 Å². The quantitative estimate of drug-likeness (QED) is 0.622. The van der Waals surface area contributed by atoms with Gasteiger partial charge in [-0.25, -0.2) is 0 Å². The van der Waals surface area contributed by atoms with Crippen molar-refractivity contribution in [3.63, 3.8) is 0 Å². The maximum atomic E-state index is 13.6. The molecule has 0 saturated heterocycles. The van der Waals surface area contributed by atoms with E-state index in [4.69, 9.17) is 0 Å². The van der Waals surface area contributed by atoms with Crippen LogP contribution in [0.4, 0.5) is 10.1 Å². The zero-order valence-corrected chi connectivity index (χ0v) is 11.5. The van der Waals surface area contributed by atoms with E-state index in [1.54, 1.807) is 6.07 Å². The zero-order chi connectivity index (χ0) is 14.1. The van der Waals surface area contributed by atoms with Crippen LogP contribution in [-0.2, 0) is 12.8 Å². The van der Waals surface area contributed by atoms with E-state index < -0.39 is 16.4 Å². The van der Waals surface area contributed by atoms with Crippen molar-refractivity contribution < 1.29 is 9.31 Å². The lowest BCUT2D eigenvalue weighted by Gasteiger charge is -2.06. The van der Waals surface area contributed by atoms with E-state index in [0.29, 0.717) is 4.90 Å². The summed E-state index contributed by atoms with van der Waals surface area (Å²) < 4.78 is 13.6. The molecule has 0 saturated carbocycles. The Balaban J connectivity index is 1.95. The Morgan fingerprint density at radius 3 is 2.75 bits per heavy atom. The molecule has 1 aliphatic rings. The summed E-state index contributed by atoms with van der Waals surface area (Å²) in [6.07, 6.45) is 3.30. The Labute approximate surface area is 120 Å². The van der Waals surface area contributed by atoms with Crippen molar-refractivity contribution in [2.75, 3.05) is 0 Å². The van der Waals surface area contributed by atoms with Gasteiger partial charge in [-0.15, -0.1) is 0 Å². The summed E-state index contributed by atoms with van der Waals surface area (Å²) in [4.78, 5) is 11.6. The highest BCUT2D eigenvalue weighted by molar-refractivity contribution is 7.99. The monoisotopic (exact) mass is 289 g/mol. The topological polar surface area (TPSA) is 43.1 Å². The third kappa shape index (κ3) is 2.41. The number of nitrogens with zero attached hydrogens (tertiary/aromatic N) is 1. The second kappa shape index (κ2) is 5.25. The molecule has 1 aliphatic carbocycles. The molecule has 0 fully saturated rings. The molecule has 0 aromatic heterocycles. The molecule has 5 heteroatoms. The first-order valence-corrected chi connectivity index (χ1v) is 7.19. The van der Waals surface area contributed by atoms with Crippen LogP contribution < -0.4 is 0 Å². The van der Waals surface area contributed by atoms with Crippen LogP contribution in [0.15, 0.2) is 46.2 Å². The summed E-state index contributed by atoms with van der Waals surface area (Å²) in [7, 11) is 0. The third-order valence-corrected chi connectivity index (χ3v) is 4.47. The van der Waals surface area contributed by atoms with Crippen LogP contribution in [0, 0.1) is 15.9 Å². The highest BCUT2D eigenvalue weighted by Gasteiger charge is 2.21. The molecule has 3 rings (SSSR count). The van der Waals surface area contributed by atoms with Gasteiger partial charge in [0.2, 0.25) is 5.82 Å². The second-order valence-corrected chi connectivity index (χ2v) is 5.85. The minimum absolute atomic E-state index is 0.341. The number of fused-ring (bicyclic) bond motifs is 1. The van der Waals surface area contributed by atoms with Crippen molar-refractivity contribution in [1.82, 2.24) is 0 Å². The van der Waals surface area contributed by atoms with Crippen LogP contribution in [-0.4, -0.2) is 4.92 Å². The molecule has 0 N–H and O–H groups in total. The highest BCUT2D eigenvalue weighted by Crippen LogP contribution is 2.37. The number of halogens is 1. The molecule has 3 nitrogen and oxygen atoms in total. The van der Waals surface area contributed by atoms with Crippen molar-refractivity contribution in [2.45, 2.75) is 29.1 Å². The van der Waals surface area contributed by atoms with E-state index in [1.165, 1.54) is 29.0 Å². The Hall–Kier alpha value is -1.88. The van der Waals surface area contributed by atoms with E-state index in [1.807, 2.05) is 6.07 Å². The predicted molar refractivity (Wildman–Crippen MR) is 75.6 cm³/mol. The maximum absolute atomic E-state index is 13.6. The summed E-state index contributed by atoms with van der Waals surface area (Å²) in [5.41, 5.74) is 2.20. The van der Waals surface area contributed by atoms with Crippen molar-refractivity contribution in [2.24, 2.45) is 0 Å². The van der Waals surface area contributed by atoms with Crippen molar-refractivity contribution in [1.29, 1.82) is 0 Å². The molecule has 0 bridgehead atoms. The fourth-order valence-electron chi connectivity index (χ4n) is 2.49. The van der Waals surface area contributed by atoms with Crippen molar-refractivity contribution >= 4 is 17.4 Å². The predicted octanol–water partition coefficient (Wildman–Crippen LogP) is 4.37. The standard InChI is InChI=1S/C15H12FNO2S/c16-13-5-2-6-14(15(13)17(18)19)20-12-8-7-10-3-1-4-11(10)9-12/h2,5-9H,1,3-4H2. The molecule has 0 atom stereocenters. The SMILES string of the molecule is O=[N+]([O-])c1c(F)cccc1Sc1ccc2c(c1)CCC2. The molecule has 0 spiro atoms. The normalized spacial score (nSPS) is 13.2. The van der Waals surface area contributed by atoms with Gasteiger partial charge in [0.15, 0.2) is 0 Å². The largest absolute Gasteiger partial charge is 0.318 e. The Morgan fingerprint density at radius 2 is 1.95 bits per heavy atom. The molecule has 0 radical (unpaired) electrons. The van der Waals surface area contributed by atoms with Crippen molar-refractivity contribution in [3.05, 3.63) is 63.5 Å². The third-order valence-electron chi connectivity index (χ3n) is 3.43. The average Bonchev–Trinajstić information content (AvgIpc) is 2.85. The molecule has 2 aromatic rings. The van der Waals surface area contributed by atoms with Gasteiger partial charge in [-0.05, 0) is 54.7 Å². The van der Waals surface area contributed by atoms with Gasteiger partial charge >= 0.3 is 5.69 Å². The lowest BCUT2D eigenvalue weighted by atomic mass is 10.1. The van der Waals surface area contributed by atoms with Gasteiger partial charge in [0.05, 0.1) is 9.82 Å². The number of nitro benzene ring substituents is 1. The van der Waals surface area contributed by atoms with E-state index >= 15 is 0 Å². The number of aryl methyl sites for hydroxylation is 2. The molecule has 0 aliphatic heterocycles. The molecule has 2 aromatic carbocycles. The lowest BCUT2D eigenvalue weighted by Crippen LogP contribution is -1.94. The van der Waals surface area contributed by atoms with Crippen LogP contribution >= 0.6 is 11.8 Å². The first-order valence-electron chi connectivity index (χ1n) is 6.38. The smallest absolute Gasteiger partial charge is 0.258 e. The van der Waals surface area contributed by atoms with Crippen LogP contribution in [0.3, 0.4) is 0 Å². The summed E-state index contributed by atoms with van der Waals surface area (Å²) in [6, 6.07) is 10.3. The molecule has 0 heterocycles. The minimum Gasteiger partial charge on any atom is -0.258 e. The minimum atomic E-state index is -0.791. The number of para-hydroxylation sites is 1. The molecular weight excluding hydrogens is 277 g/mol. The molecule has 20 heavy (non-hydrogen) atoms. The number of hydrogen-bond acceptors (Lipinski definition) is 3.